The third-order valence-corrected chi connectivity index (χ3v) is 2.82. The first kappa shape index (κ1) is 14.9. The highest BCUT2D eigenvalue weighted by Crippen LogP contribution is 2.16. The number of anilines is 1. The number of nitrogens with zero attached hydrogens (tertiary/aromatic N) is 2. The van der Waals surface area contributed by atoms with Crippen LogP contribution in [0.1, 0.15) is 13.3 Å². The maximum absolute atomic E-state index is 11.6. The Morgan fingerprint density at radius 2 is 1.95 bits per heavy atom. The molecule has 2 aromatic rings. The van der Waals surface area contributed by atoms with E-state index in [-0.39, 0.29) is 6.03 Å². The molecule has 0 radical (unpaired) electrons. The van der Waals surface area contributed by atoms with Crippen LogP contribution in [0.4, 0.5) is 10.6 Å². The molecule has 1 unspecified atom stereocenters. The number of aliphatic hydroxyl groups excluding tert-OH is 1. The van der Waals surface area contributed by atoms with E-state index in [1.807, 2.05) is 30.3 Å². The van der Waals surface area contributed by atoms with Crippen molar-refractivity contribution in [2.75, 3.05) is 11.9 Å². The molecule has 1 heterocycles. The Hall–Kier alpha value is -2.47. The van der Waals surface area contributed by atoms with Gasteiger partial charge in [-0.15, -0.1) is 10.2 Å². The summed E-state index contributed by atoms with van der Waals surface area (Å²) in [5.41, 5.74) is 1.72. The summed E-state index contributed by atoms with van der Waals surface area (Å²) >= 11 is 0. The average Bonchev–Trinajstić information content (AvgIpc) is 2.48. The number of benzene rings is 1. The number of urea groups is 1. The number of aromatic nitrogens is 2. The van der Waals surface area contributed by atoms with Gasteiger partial charge in [-0.2, -0.15) is 0 Å². The monoisotopic (exact) mass is 286 g/mol. The van der Waals surface area contributed by atoms with E-state index in [4.69, 9.17) is 5.11 Å². The van der Waals surface area contributed by atoms with E-state index < -0.39 is 6.10 Å². The molecule has 1 atom stereocenters. The lowest BCUT2D eigenvalue weighted by Crippen LogP contribution is -2.31. The second kappa shape index (κ2) is 7.35. The van der Waals surface area contributed by atoms with Gasteiger partial charge in [-0.05, 0) is 25.5 Å². The minimum absolute atomic E-state index is 0.364. The average molecular weight is 286 g/mol. The lowest BCUT2D eigenvalue weighted by Gasteiger charge is -2.08. The molecule has 6 heteroatoms. The summed E-state index contributed by atoms with van der Waals surface area (Å²) in [6, 6.07) is 12.8. The van der Waals surface area contributed by atoms with E-state index in [0.717, 1.165) is 11.3 Å². The van der Waals surface area contributed by atoms with Crippen molar-refractivity contribution < 1.29 is 9.90 Å². The molecule has 6 nitrogen and oxygen atoms in total. The lowest BCUT2D eigenvalue weighted by molar-refractivity contribution is 0.184. The largest absolute Gasteiger partial charge is 0.393 e. The predicted octanol–water partition coefficient (Wildman–Crippen LogP) is 2.04. The first-order chi connectivity index (χ1) is 10.1. The van der Waals surface area contributed by atoms with Crippen LogP contribution in [-0.2, 0) is 0 Å². The lowest BCUT2D eigenvalue weighted by atomic mass is 10.1. The zero-order valence-corrected chi connectivity index (χ0v) is 11.8. The fraction of sp³-hybridized carbons (Fsp3) is 0.267. The van der Waals surface area contributed by atoms with Crippen molar-refractivity contribution in [1.29, 1.82) is 0 Å². The highest BCUT2D eigenvalue weighted by molar-refractivity contribution is 5.88. The first-order valence-electron chi connectivity index (χ1n) is 6.77. The molecule has 0 saturated heterocycles. The van der Waals surface area contributed by atoms with Crippen molar-refractivity contribution >= 4 is 11.8 Å². The number of nitrogens with one attached hydrogen (secondary N) is 2. The minimum Gasteiger partial charge on any atom is -0.393 e. The maximum Gasteiger partial charge on any atom is 0.320 e. The van der Waals surface area contributed by atoms with Crippen LogP contribution in [0.3, 0.4) is 0 Å². The smallest absolute Gasteiger partial charge is 0.320 e. The molecule has 21 heavy (non-hydrogen) atoms. The third-order valence-electron chi connectivity index (χ3n) is 2.82. The Labute approximate surface area is 123 Å². The van der Waals surface area contributed by atoms with Gasteiger partial charge in [0.25, 0.3) is 0 Å². The summed E-state index contributed by atoms with van der Waals surface area (Å²) < 4.78 is 0. The molecule has 0 spiro atoms. The molecule has 3 N–H and O–H groups in total. The molecule has 0 aliphatic heterocycles. The van der Waals surface area contributed by atoms with Crippen molar-refractivity contribution in [2.24, 2.45) is 0 Å². The zero-order valence-electron chi connectivity index (χ0n) is 11.8. The van der Waals surface area contributed by atoms with Crippen molar-refractivity contribution in [3.63, 3.8) is 0 Å². The summed E-state index contributed by atoms with van der Waals surface area (Å²) in [7, 11) is 0. The standard InChI is InChI=1S/C15H18N4O2/c1-11(20)9-10-16-15(21)17-14-8-7-13(18-19-14)12-5-3-2-4-6-12/h2-8,11,20H,9-10H2,1H3,(H2,16,17,19,21). The fourth-order valence-corrected chi connectivity index (χ4v) is 1.72. The number of amides is 2. The SMILES string of the molecule is CC(O)CCNC(=O)Nc1ccc(-c2ccccc2)nn1. The summed E-state index contributed by atoms with van der Waals surface area (Å²) in [6.07, 6.45) is 0.0710. The van der Waals surface area contributed by atoms with Crippen LogP contribution >= 0.6 is 0 Å². The van der Waals surface area contributed by atoms with Crippen LogP contribution in [0.5, 0.6) is 0 Å². The third kappa shape index (κ3) is 4.85. The van der Waals surface area contributed by atoms with Gasteiger partial charge in [0.1, 0.15) is 0 Å². The van der Waals surface area contributed by atoms with Gasteiger partial charge in [-0.1, -0.05) is 30.3 Å². The summed E-state index contributed by atoms with van der Waals surface area (Å²) in [6.45, 7) is 2.08. The number of rotatable bonds is 5. The predicted molar refractivity (Wildman–Crippen MR) is 80.8 cm³/mol. The van der Waals surface area contributed by atoms with E-state index in [1.54, 1.807) is 19.1 Å². The molecule has 2 amide bonds. The molecular weight excluding hydrogens is 268 g/mol. The number of carbonyl (C=O) groups excluding carboxylic acids is 1. The Balaban J connectivity index is 1.89. The van der Waals surface area contributed by atoms with Gasteiger partial charge >= 0.3 is 6.03 Å². The number of carbonyl (C=O) groups is 1. The maximum atomic E-state index is 11.6. The van der Waals surface area contributed by atoms with Crippen molar-refractivity contribution in [3.05, 3.63) is 42.5 Å². The fourth-order valence-electron chi connectivity index (χ4n) is 1.72. The van der Waals surface area contributed by atoms with E-state index in [0.29, 0.717) is 18.8 Å². The highest BCUT2D eigenvalue weighted by Gasteiger charge is 2.05. The Morgan fingerprint density at radius 3 is 2.57 bits per heavy atom. The Bertz CT molecular complexity index is 570. The van der Waals surface area contributed by atoms with Crippen LogP contribution in [0.15, 0.2) is 42.5 Å². The van der Waals surface area contributed by atoms with E-state index in [1.165, 1.54) is 0 Å². The summed E-state index contributed by atoms with van der Waals surface area (Å²) in [5.74, 6) is 0.379. The molecule has 110 valence electrons. The van der Waals surface area contributed by atoms with E-state index in [9.17, 15) is 4.79 Å². The van der Waals surface area contributed by atoms with Crippen molar-refractivity contribution in [1.82, 2.24) is 15.5 Å². The quantitative estimate of drug-likeness (QED) is 0.785. The molecule has 1 aromatic heterocycles. The van der Waals surface area contributed by atoms with Crippen LogP contribution < -0.4 is 10.6 Å². The van der Waals surface area contributed by atoms with Gasteiger partial charge in [0.15, 0.2) is 5.82 Å². The van der Waals surface area contributed by atoms with Crippen LogP contribution in [0.25, 0.3) is 11.3 Å². The van der Waals surface area contributed by atoms with Gasteiger partial charge in [0, 0.05) is 12.1 Å². The Morgan fingerprint density at radius 1 is 1.19 bits per heavy atom. The van der Waals surface area contributed by atoms with Gasteiger partial charge in [-0.25, -0.2) is 4.79 Å². The number of aliphatic hydroxyl groups is 1. The first-order valence-corrected chi connectivity index (χ1v) is 6.77. The number of hydrogen-bond donors (Lipinski definition) is 3. The second-order valence-electron chi connectivity index (χ2n) is 4.69. The Kier molecular flexibility index (Phi) is 5.22. The number of hydrogen-bond acceptors (Lipinski definition) is 4. The summed E-state index contributed by atoms with van der Waals surface area (Å²) in [5, 5.41) is 22.4. The molecule has 0 aliphatic rings. The van der Waals surface area contributed by atoms with E-state index >= 15 is 0 Å². The second-order valence-corrected chi connectivity index (χ2v) is 4.69. The van der Waals surface area contributed by atoms with Gasteiger partial charge in [-0.3, -0.25) is 5.32 Å². The van der Waals surface area contributed by atoms with Crippen molar-refractivity contribution in [3.8, 4) is 11.3 Å². The zero-order chi connectivity index (χ0) is 15.1. The molecular formula is C15H18N4O2. The molecule has 0 bridgehead atoms. The molecule has 0 fully saturated rings. The molecule has 0 aliphatic carbocycles. The molecule has 1 aromatic carbocycles. The molecule has 2 rings (SSSR count). The van der Waals surface area contributed by atoms with Crippen LogP contribution in [-0.4, -0.2) is 34.0 Å². The van der Waals surface area contributed by atoms with Gasteiger partial charge in [0.05, 0.1) is 11.8 Å². The van der Waals surface area contributed by atoms with Crippen molar-refractivity contribution in [2.45, 2.75) is 19.4 Å². The minimum atomic E-state index is -0.435. The van der Waals surface area contributed by atoms with Gasteiger partial charge < -0.3 is 10.4 Å². The van der Waals surface area contributed by atoms with Crippen LogP contribution in [0.2, 0.25) is 0 Å². The van der Waals surface area contributed by atoms with Crippen LogP contribution in [0, 0.1) is 0 Å². The topological polar surface area (TPSA) is 87.1 Å². The van der Waals surface area contributed by atoms with Gasteiger partial charge in [0.2, 0.25) is 0 Å². The highest BCUT2D eigenvalue weighted by atomic mass is 16.3. The molecule has 0 saturated carbocycles. The van der Waals surface area contributed by atoms with E-state index in [2.05, 4.69) is 20.8 Å². The normalized spacial score (nSPS) is 11.7. The summed E-state index contributed by atoms with van der Waals surface area (Å²) in [4.78, 5) is 11.6.